The van der Waals surface area contributed by atoms with Crippen molar-refractivity contribution in [3.05, 3.63) is 52.0 Å². The minimum absolute atomic E-state index is 0.528. The predicted molar refractivity (Wildman–Crippen MR) is 63.9 cm³/mol. The fourth-order valence-electron chi connectivity index (χ4n) is 1.53. The zero-order valence-electron chi connectivity index (χ0n) is 9.12. The highest BCUT2D eigenvalue weighted by atomic mass is 32.1. The highest BCUT2D eigenvalue weighted by molar-refractivity contribution is 7.07. The maximum atomic E-state index is 12.9. The van der Waals surface area contributed by atoms with Crippen molar-refractivity contribution in [1.82, 2.24) is 10.3 Å². The molecule has 0 aliphatic carbocycles. The summed E-state index contributed by atoms with van der Waals surface area (Å²) in [4.78, 5) is 4.13. The van der Waals surface area contributed by atoms with Crippen LogP contribution in [-0.2, 0) is 13.0 Å². The van der Waals surface area contributed by atoms with Gasteiger partial charge < -0.3 is 5.32 Å². The van der Waals surface area contributed by atoms with Crippen LogP contribution in [0, 0.1) is 11.6 Å². The lowest BCUT2D eigenvalue weighted by Crippen LogP contribution is -2.16. The largest absolute Gasteiger partial charge is 0.311 e. The molecule has 17 heavy (non-hydrogen) atoms. The van der Waals surface area contributed by atoms with Crippen LogP contribution in [0.25, 0.3) is 0 Å². The Morgan fingerprint density at radius 1 is 1.18 bits per heavy atom. The number of nitrogens with zero attached hydrogens (tertiary/aromatic N) is 1. The first-order valence-electron chi connectivity index (χ1n) is 5.27. The average Bonchev–Trinajstić information content (AvgIpc) is 2.76. The van der Waals surface area contributed by atoms with E-state index < -0.39 is 11.6 Å². The number of halogens is 2. The van der Waals surface area contributed by atoms with Crippen molar-refractivity contribution >= 4 is 11.3 Å². The molecule has 0 radical (unpaired) electrons. The van der Waals surface area contributed by atoms with Crippen LogP contribution in [-0.4, -0.2) is 11.5 Å². The van der Waals surface area contributed by atoms with E-state index in [1.807, 2.05) is 5.38 Å². The number of nitrogens with one attached hydrogen (secondary N) is 1. The van der Waals surface area contributed by atoms with Crippen molar-refractivity contribution in [2.45, 2.75) is 13.0 Å². The van der Waals surface area contributed by atoms with Gasteiger partial charge in [-0.05, 0) is 30.7 Å². The van der Waals surface area contributed by atoms with Crippen LogP contribution in [0.15, 0.2) is 29.1 Å². The fraction of sp³-hybridized carbons (Fsp3) is 0.250. The molecule has 0 saturated heterocycles. The van der Waals surface area contributed by atoms with Gasteiger partial charge in [-0.1, -0.05) is 0 Å². The normalized spacial score (nSPS) is 10.7. The summed E-state index contributed by atoms with van der Waals surface area (Å²) in [7, 11) is 0. The van der Waals surface area contributed by atoms with E-state index in [0.29, 0.717) is 25.1 Å². The summed E-state index contributed by atoms with van der Waals surface area (Å²) in [5.74, 6) is -1.06. The Morgan fingerprint density at radius 2 is 1.94 bits per heavy atom. The molecule has 2 nitrogen and oxygen atoms in total. The number of aromatic nitrogens is 1. The molecular weight excluding hydrogens is 242 g/mol. The number of rotatable bonds is 5. The highest BCUT2D eigenvalue weighted by Gasteiger charge is 2.00. The van der Waals surface area contributed by atoms with Crippen molar-refractivity contribution in [3.63, 3.8) is 0 Å². The van der Waals surface area contributed by atoms with Crippen LogP contribution in [0.5, 0.6) is 0 Å². The molecule has 0 amide bonds. The lowest BCUT2D eigenvalue weighted by Gasteiger charge is -2.03. The van der Waals surface area contributed by atoms with Crippen LogP contribution >= 0.6 is 11.3 Å². The number of benzene rings is 1. The molecule has 0 saturated carbocycles. The van der Waals surface area contributed by atoms with Crippen LogP contribution in [0.1, 0.15) is 11.3 Å². The quantitative estimate of drug-likeness (QED) is 0.830. The standard InChI is InChI=1S/C12H12F2N2S/c13-10-3-9(4-11(14)5-10)1-2-15-6-12-7-17-8-16-12/h3-5,7-8,15H,1-2,6H2. The van der Waals surface area contributed by atoms with E-state index in [1.54, 1.807) is 16.8 Å². The smallest absolute Gasteiger partial charge is 0.126 e. The van der Waals surface area contributed by atoms with Crippen LogP contribution in [0.4, 0.5) is 8.78 Å². The Labute approximate surface area is 102 Å². The van der Waals surface area contributed by atoms with Gasteiger partial charge in [0.2, 0.25) is 0 Å². The maximum Gasteiger partial charge on any atom is 0.126 e. The van der Waals surface area contributed by atoms with E-state index in [4.69, 9.17) is 0 Å². The van der Waals surface area contributed by atoms with Gasteiger partial charge in [-0.2, -0.15) is 0 Å². The second-order valence-electron chi connectivity index (χ2n) is 3.68. The van der Waals surface area contributed by atoms with Crippen LogP contribution in [0.3, 0.4) is 0 Å². The zero-order valence-corrected chi connectivity index (χ0v) is 9.94. The number of thiazole rings is 1. The Bertz CT molecular complexity index is 451. The predicted octanol–water partition coefficient (Wildman–Crippen LogP) is 2.75. The maximum absolute atomic E-state index is 12.9. The summed E-state index contributed by atoms with van der Waals surface area (Å²) in [5.41, 5.74) is 3.42. The summed E-state index contributed by atoms with van der Waals surface area (Å²) in [6.45, 7) is 1.35. The lowest BCUT2D eigenvalue weighted by molar-refractivity contribution is 0.577. The molecule has 1 heterocycles. The number of hydrogen-bond acceptors (Lipinski definition) is 3. The summed E-state index contributed by atoms with van der Waals surface area (Å²) in [5, 5.41) is 5.14. The molecule has 0 aliphatic rings. The minimum atomic E-state index is -0.528. The van der Waals surface area contributed by atoms with E-state index >= 15 is 0 Å². The molecular formula is C12H12F2N2S. The van der Waals surface area contributed by atoms with Gasteiger partial charge in [0.1, 0.15) is 11.6 Å². The van der Waals surface area contributed by atoms with E-state index in [-0.39, 0.29) is 0 Å². The SMILES string of the molecule is Fc1cc(F)cc(CCNCc2cscn2)c1. The summed E-state index contributed by atoms with van der Waals surface area (Å²) >= 11 is 1.55. The molecule has 5 heteroatoms. The molecule has 1 N–H and O–H groups in total. The van der Waals surface area contributed by atoms with Gasteiger partial charge >= 0.3 is 0 Å². The van der Waals surface area contributed by atoms with E-state index in [0.717, 1.165) is 11.8 Å². The summed E-state index contributed by atoms with van der Waals surface area (Å²) < 4.78 is 25.8. The third-order valence-electron chi connectivity index (χ3n) is 2.30. The molecule has 2 aromatic rings. The molecule has 0 bridgehead atoms. The van der Waals surface area contributed by atoms with Crippen molar-refractivity contribution in [2.75, 3.05) is 6.54 Å². The minimum Gasteiger partial charge on any atom is -0.311 e. The molecule has 0 unspecified atom stereocenters. The Hall–Kier alpha value is -1.33. The van der Waals surface area contributed by atoms with Crippen molar-refractivity contribution in [2.24, 2.45) is 0 Å². The molecule has 0 fully saturated rings. The van der Waals surface area contributed by atoms with Gasteiger partial charge in [0.05, 0.1) is 11.2 Å². The lowest BCUT2D eigenvalue weighted by atomic mass is 10.1. The third-order valence-corrected chi connectivity index (χ3v) is 2.94. The average molecular weight is 254 g/mol. The molecule has 90 valence electrons. The van der Waals surface area contributed by atoms with Crippen molar-refractivity contribution in [3.8, 4) is 0 Å². The first kappa shape index (κ1) is 12.1. The first-order chi connectivity index (χ1) is 8.24. The van der Waals surface area contributed by atoms with Gasteiger partial charge in [0, 0.05) is 18.0 Å². The fourth-order valence-corrected chi connectivity index (χ4v) is 2.09. The van der Waals surface area contributed by atoms with E-state index in [1.165, 1.54) is 12.1 Å². The monoisotopic (exact) mass is 254 g/mol. The first-order valence-corrected chi connectivity index (χ1v) is 6.21. The summed E-state index contributed by atoms with van der Waals surface area (Å²) in [6, 6.07) is 3.59. The number of hydrogen-bond donors (Lipinski definition) is 1. The van der Waals surface area contributed by atoms with Gasteiger partial charge in [-0.3, -0.25) is 0 Å². The van der Waals surface area contributed by atoms with Crippen molar-refractivity contribution < 1.29 is 8.78 Å². The van der Waals surface area contributed by atoms with Crippen molar-refractivity contribution in [1.29, 1.82) is 0 Å². The second kappa shape index (κ2) is 5.84. The molecule has 1 aromatic carbocycles. The van der Waals surface area contributed by atoms with Gasteiger partial charge in [0.15, 0.2) is 0 Å². The molecule has 2 rings (SSSR count). The highest BCUT2D eigenvalue weighted by Crippen LogP contribution is 2.08. The van der Waals surface area contributed by atoms with Crippen LogP contribution < -0.4 is 5.32 Å². The van der Waals surface area contributed by atoms with Crippen LogP contribution in [0.2, 0.25) is 0 Å². The Kier molecular flexibility index (Phi) is 4.17. The molecule has 1 aromatic heterocycles. The van der Waals surface area contributed by atoms with Gasteiger partial charge in [-0.15, -0.1) is 11.3 Å². The molecule has 0 aliphatic heterocycles. The van der Waals surface area contributed by atoms with Gasteiger partial charge in [0.25, 0.3) is 0 Å². The molecule has 0 atom stereocenters. The summed E-state index contributed by atoms with van der Waals surface area (Å²) in [6.07, 6.45) is 0.596. The second-order valence-corrected chi connectivity index (χ2v) is 4.40. The van der Waals surface area contributed by atoms with Gasteiger partial charge in [-0.25, -0.2) is 13.8 Å². The molecule has 0 spiro atoms. The Morgan fingerprint density at radius 3 is 2.59 bits per heavy atom. The zero-order chi connectivity index (χ0) is 12.1. The Balaban J connectivity index is 1.78. The topological polar surface area (TPSA) is 24.9 Å². The van der Waals surface area contributed by atoms with E-state index in [2.05, 4.69) is 10.3 Å². The van der Waals surface area contributed by atoms with E-state index in [9.17, 15) is 8.78 Å². The third kappa shape index (κ3) is 3.87.